The van der Waals surface area contributed by atoms with Gasteiger partial charge in [-0.05, 0) is 34.7 Å². The number of fused-ring (bicyclic) bond motifs is 1. The van der Waals surface area contributed by atoms with Gasteiger partial charge in [0.25, 0.3) is 5.22 Å². The molecule has 0 bridgehead atoms. The highest BCUT2D eigenvalue weighted by molar-refractivity contribution is 7.99. The van der Waals surface area contributed by atoms with E-state index in [1.165, 1.54) is 11.8 Å². The quantitative estimate of drug-likeness (QED) is 0.570. The molecule has 6 heteroatoms. The molecule has 0 aliphatic heterocycles. The molecule has 100 valence electrons. The van der Waals surface area contributed by atoms with Gasteiger partial charge in [-0.15, -0.1) is 10.2 Å². The van der Waals surface area contributed by atoms with Crippen LogP contribution in [-0.2, 0) is 0 Å². The first-order chi connectivity index (χ1) is 9.65. The van der Waals surface area contributed by atoms with Crippen LogP contribution in [0.25, 0.3) is 10.8 Å². The minimum absolute atomic E-state index is 0.0615. The molecule has 0 radical (unpaired) electrons. The number of nitrogens with one attached hydrogen (secondary N) is 1. The van der Waals surface area contributed by atoms with Crippen molar-refractivity contribution < 1.29 is 4.42 Å². The molecule has 0 amide bonds. The molecule has 0 unspecified atom stereocenters. The number of benzene rings is 2. The lowest BCUT2D eigenvalue weighted by atomic mass is 10.0. The summed E-state index contributed by atoms with van der Waals surface area (Å²) in [4.78, 5) is 0.995. The van der Waals surface area contributed by atoms with Gasteiger partial charge in [-0.25, -0.2) is 0 Å². The van der Waals surface area contributed by atoms with E-state index in [4.69, 9.17) is 15.6 Å². The molecular formula is C14H12N4OS. The van der Waals surface area contributed by atoms with E-state index in [-0.39, 0.29) is 5.84 Å². The average molecular weight is 284 g/mol. The number of rotatable bonds is 3. The van der Waals surface area contributed by atoms with Crippen molar-refractivity contribution in [3.63, 3.8) is 0 Å². The minimum atomic E-state index is 0.0615. The summed E-state index contributed by atoms with van der Waals surface area (Å²) in [5, 5.41) is 17.9. The predicted octanol–water partition coefficient (Wildman–Crippen LogP) is 2.97. The molecule has 3 rings (SSSR count). The molecular weight excluding hydrogens is 272 g/mol. The Morgan fingerprint density at radius 2 is 1.90 bits per heavy atom. The minimum Gasteiger partial charge on any atom is -0.416 e. The lowest BCUT2D eigenvalue weighted by Crippen LogP contribution is -2.11. The average Bonchev–Trinajstić information content (AvgIpc) is 2.84. The zero-order valence-electron chi connectivity index (χ0n) is 10.8. The summed E-state index contributed by atoms with van der Waals surface area (Å²) in [5.74, 6) is 0.601. The highest BCUT2D eigenvalue weighted by atomic mass is 32.2. The van der Waals surface area contributed by atoms with Crippen LogP contribution in [0.1, 0.15) is 11.5 Å². The Hall–Kier alpha value is -2.34. The standard InChI is InChI=1S/C14H12N4OS/c1-8-17-18-14(19-8)20-12-7-6-11(13(15)16)9-4-2-3-5-10(9)12/h2-7H,1H3,(H3,15,16). The normalized spacial score (nSPS) is 10.8. The monoisotopic (exact) mass is 284 g/mol. The third kappa shape index (κ3) is 2.25. The molecule has 0 aliphatic carbocycles. The van der Waals surface area contributed by atoms with Crippen molar-refractivity contribution in [3.8, 4) is 0 Å². The SMILES string of the molecule is Cc1nnc(Sc2ccc(C(=N)N)c3ccccc23)o1. The number of amidine groups is 1. The van der Waals surface area contributed by atoms with Crippen LogP contribution < -0.4 is 5.73 Å². The third-order valence-corrected chi connectivity index (χ3v) is 3.79. The summed E-state index contributed by atoms with van der Waals surface area (Å²) < 4.78 is 5.39. The fourth-order valence-corrected chi connectivity index (χ4v) is 2.87. The predicted molar refractivity (Wildman–Crippen MR) is 78.1 cm³/mol. The summed E-state index contributed by atoms with van der Waals surface area (Å²) >= 11 is 1.41. The molecule has 3 N–H and O–H groups in total. The maximum Gasteiger partial charge on any atom is 0.281 e. The Morgan fingerprint density at radius 3 is 2.55 bits per heavy atom. The van der Waals surface area contributed by atoms with Crippen molar-refractivity contribution in [2.75, 3.05) is 0 Å². The van der Waals surface area contributed by atoms with Crippen LogP contribution in [0, 0.1) is 12.3 Å². The molecule has 5 nitrogen and oxygen atoms in total. The Morgan fingerprint density at radius 1 is 1.15 bits per heavy atom. The maximum atomic E-state index is 7.64. The summed E-state index contributed by atoms with van der Waals surface area (Å²) in [6, 6.07) is 11.6. The number of aryl methyl sites for hydroxylation is 1. The van der Waals surface area contributed by atoms with Gasteiger partial charge in [0.2, 0.25) is 5.89 Å². The van der Waals surface area contributed by atoms with Gasteiger partial charge in [-0.1, -0.05) is 24.3 Å². The number of nitrogens with two attached hydrogens (primary N) is 1. The van der Waals surface area contributed by atoms with Gasteiger partial charge in [0.15, 0.2) is 0 Å². The van der Waals surface area contributed by atoms with Crippen LogP contribution >= 0.6 is 11.8 Å². The van der Waals surface area contributed by atoms with Gasteiger partial charge in [0, 0.05) is 17.4 Å². The Kier molecular flexibility index (Phi) is 3.15. The van der Waals surface area contributed by atoms with Crippen molar-refractivity contribution in [1.82, 2.24) is 10.2 Å². The van der Waals surface area contributed by atoms with E-state index in [0.29, 0.717) is 11.1 Å². The van der Waals surface area contributed by atoms with Gasteiger partial charge in [-0.2, -0.15) is 0 Å². The van der Waals surface area contributed by atoms with Crippen molar-refractivity contribution >= 4 is 28.4 Å². The fourth-order valence-electron chi connectivity index (χ4n) is 2.01. The second-order valence-corrected chi connectivity index (χ2v) is 5.25. The molecule has 20 heavy (non-hydrogen) atoms. The fraction of sp³-hybridized carbons (Fsp3) is 0.0714. The maximum absolute atomic E-state index is 7.64. The zero-order valence-corrected chi connectivity index (χ0v) is 11.6. The first-order valence-electron chi connectivity index (χ1n) is 5.99. The van der Waals surface area contributed by atoms with E-state index in [0.717, 1.165) is 21.2 Å². The number of nitrogens with zero attached hydrogens (tertiary/aromatic N) is 2. The van der Waals surface area contributed by atoms with Gasteiger partial charge >= 0.3 is 0 Å². The third-order valence-electron chi connectivity index (χ3n) is 2.88. The molecule has 1 heterocycles. The van der Waals surface area contributed by atoms with Crippen molar-refractivity contribution in [2.24, 2.45) is 5.73 Å². The topological polar surface area (TPSA) is 88.8 Å². The molecule has 0 atom stereocenters. The number of hydrogen-bond donors (Lipinski definition) is 2. The zero-order chi connectivity index (χ0) is 14.1. The number of nitrogen functional groups attached to an aromatic ring is 1. The molecule has 0 saturated carbocycles. The highest BCUT2D eigenvalue weighted by Crippen LogP contribution is 2.34. The van der Waals surface area contributed by atoms with Gasteiger partial charge < -0.3 is 10.2 Å². The van der Waals surface area contributed by atoms with Crippen LogP contribution in [0.4, 0.5) is 0 Å². The molecule has 0 aliphatic rings. The first-order valence-corrected chi connectivity index (χ1v) is 6.81. The van der Waals surface area contributed by atoms with Gasteiger partial charge in [0.05, 0.1) is 0 Å². The van der Waals surface area contributed by atoms with Crippen LogP contribution in [0.2, 0.25) is 0 Å². The molecule has 0 saturated heterocycles. The highest BCUT2D eigenvalue weighted by Gasteiger charge is 2.11. The van der Waals surface area contributed by atoms with Gasteiger partial charge in [0.1, 0.15) is 5.84 Å². The second-order valence-electron chi connectivity index (χ2n) is 4.26. The molecule has 2 aromatic carbocycles. The second kappa shape index (κ2) is 4.97. The van der Waals surface area contributed by atoms with Crippen LogP contribution in [-0.4, -0.2) is 16.0 Å². The first kappa shape index (κ1) is 12.7. The Bertz CT molecular complexity index is 797. The lowest BCUT2D eigenvalue weighted by molar-refractivity contribution is 0.429. The van der Waals surface area contributed by atoms with E-state index in [2.05, 4.69) is 10.2 Å². The van der Waals surface area contributed by atoms with Crippen LogP contribution in [0.15, 0.2) is 50.9 Å². The van der Waals surface area contributed by atoms with E-state index >= 15 is 0 Å². The van der Waals surface area contributed by atoms with Crippen molar-refractivity contribution in [1.29, 1.82) is 5.41 Å². The molecule has 0 spiro atoms. The number of aromatic nitrogens is 2. The largest absolute Gasteiger partial charge is 0.416 e. The van der Waals surface area contributed by atoms with Crippen LogP contribution in [0.3, 0.4) is 0 Å². The number of hydrogen-bond acceptors (Lipinski definition) is 5. The van der Waals surface area contributed by atoms with E-state index < -0.39 is 0 Å². The lowest BCUT2D eigenvalue weighted by Gasteiger charge is -2.08. The molecule has 3 aromatic rings. The molecule has 1 aromatic heterocycles. The Labute approximate surface area is 119 Å². The molecule has 0 fully saturated rings. The smallest absolute Gasteiger partial charge is 0.281 e. The van der Waals surface area contributed by atoms with Crippen molar-refractivity contribution in [2.45, 2.75) is 17.0 Å². The summed E-state index contributed by atoms with van der Waals surface area (Å²) in [5.41, 5.74) is 6.35. The van der Waals surface area contributed by atoms with E-state index in [1.807, 2.05) is 36.4 Å². The van der Waals surface area contributed by atoms with Crippen LogP contribution in [0.5, 0.6) is 0 Å². The summed E-state index contributed by atoms with van der Waals surface area (Å²) in [6.45, 7) is 1.76. The van der Waals surface area contributed by atoms with E-state index in [1.54, 1.807) is 6.92 Å². The summed E-state index contributed by atoms with van der Waals surface area (Å²) in [7, 11) is 0. The van der Waals surface area contributed by atoms with Crippen molar-refractivity contribution in [3.05, 3.63) is 47.9 Å². The van der Waals surface area contributed by atoms with E-state index in [9.17, 15) is 0 Å². The van der Waals surface area contributed by atoms with Gasteiger partial charge in [-0.3, -0.25) is 5.41 Å². The Balaban J connectivity index is 2.12. The summed E-state index contributed by atoms with van der Waals surface area (Å²) in [6.07, 6.45) is 0.